The second-order valence-corrected chi connectivity index (χ2v) is 7.06. The molecule has 0 aliphatic carbocycles. The van der Waals surface area contributed by atoms with E-state index in [1.807, 2.05) is 62.6 Å². The van der Waals surface area contributed by atoms with Crippen molar-refractivity contribution >= 4 is 27.5 Å². The lowest BCUT2D eigenvalue weighted by molar-refractivity contribution is -0.122. The van der Waals surface area contributed by atoms with Gasteiger partial charge in [-0.05, 0) is 79.8 Å². The molecule has 26 heavy (non-hydrogen) atoms. The number of nitrogens with zero attached hydrogens (tertiary/aromatic N) is 1. The second-order valence-electron chi connectivity index (χ2n) is 6.21. The maximum atomic E-state index is 12.3. The van der Waals surface area contributed by atoms with Crippen molar-refractivity contribution in [3.05, 3.63) is 53.0 Å². The summed E-state index contributed by atoms with van der Waals surface area (Å²) in [5, 5.41) is 2.85. The number of nitrogens with one attached hydrogen (secondary N) is 1. The van der Waals surface area contributed by atoms with E-state index in [2.05, 4.69) is 26.1 Å². The zero-order valence-electron chi connectivity index (χ0n) is 15.4. The Kier molecular flexibility index (Phi) is 7.94. The fourth-order valence-corrected chi connectivity index (χ4v) is 2.61. The largest absolute Gasteiger partial charge is 0.494 e. The van der Waals surface area contributed by atoms with Gasteiger partial charge in [-0.1, -0.05) is 12.1 Å². The average molecular weight is 421 g/mol. The summed E-state index contributed by atoms with van der Waals surface area (Å²) >= 11 is 3.41. The van der Waals surface area contributed by atoms with Crippen molar-refractivity contribution in [1.29, 1.82) is 0 Å². The molecule has 2 aromatic carbocycles. The average Bonchev–Trinajstić information content (AvgIpc) is 2.61. The molecule has 0 aromatic heterocycles. The molecule has 5 nitrogen and oxygen atoms in total. The normalized spacial score (nSPS) is 11.9. The third-order valence-electron chi connectivity index (χ3n) is 3.65. The van der Waals surface area contributed by atoms with Crippen LogP contribution >= 0.6 is 15.9 Å². The summed E-state index contributed by atoms with van der Waals surface area (Å²) in [5.41, 5.74) is 0.707. The highest BCUT2D eigenvalue weighted by Gasteiger charge is 2.16. The van der Waals surface area contributed by atoms with Crippen LogP contribution in [0.1, 0.15) is 13.3 Å². The van der Waals surface area contributed by atoms with Crippen molar-refractivity contribution in [3.8, 4) is 11.5 Å². The molecule has 0 heterocycles. The van der Waals surface area contributed by atoms with Gasteiger partial charge in [0.1, 0.15) is 11.5 Å². The van der Waals surface area contributed by atoms with E-state index in [9.17, 15) is 4.79 Å². The zero-order valence-corrected chi connectivity index (χ0v) is 17.0. The number of amides is 1. The number of benzene rings is 2. The maximum absolute atomic E-state index is 12.3. The predicted molar refractivity (Wildman–Crippen MR) is 108 cm³/mol. The van der Waals surface area contributed by atoms with Gasteiger partial charge in [-0.2, -0.15) is 0 Å². The van der Waals surface area contributed by atoms with Crippen LogP contribution in [0.15, 0.2) is 53.0 Å². The molecule has 140 valence electrons. The number of hydrogen-bond donors (Lipinski definition) is 1. The van der Waals surface area contributed by atoms with Crippen LogP contribution in [-0.4, -0.2) is 44.2 Å². The fraction of sp³-hybridized carbons (Fsp3) is 0.350. The zero-order chi connectivity index (χ0) is 18.9. The van der Waals surface area contributed by atoms with Gasteiger partial charge >= 0.3 is 0 Å². The van der Waals surface area contributed by atoms with Crippen LogP contribution in [0.5, 0.6) is 11.5 Å². The molecule has 2 aromatic rings. The quantitative estimate of drug-likeness (QED) is 0.617. The molecule has 0 spiro atoms. The van der Waals surface area contributed by atoms with E-state index in [-0.39, 0.29) is 5.91 Å². The topological polar surface area (TPSA) is 50.8 Å². The Morgan fingerprint density at radius 1 is 1.15 bits per heavy atom. The number of hydrogen-bond acceptors (Lipinski definition) is 4. The molecule has 0 aliphatic rings. The third-order valence-corrected chi connectivity index (χ3v) is 4.30. The number of rotatable bonds is 9. The lowest BCUT2D eigenvalue weighted by atomic mass is 10.2. The molecule has 6 heteroatoms. The van der Waals surface area contributed by atoms with Crippen LogP contribution in [0.2, 0.25) is 0 Å². The smallest absolute Gasteiger partial charge is 0.265 e. The van der Waals surface area contributed by atoms with E-state index < -0.39 is 6.10 Å². The van der Waals surface area contributed by atoms with E-state index in [0.717, 1.165) is 23.2 Å². The van der Waals surface area contributed by atoms with Crippen molar-refractivity contribution in [2.45, 2.75) is 19.4 Å². The number of halogens is 1. The minimum absolute atomic E-state index is 0.208. The molecule has 1 unspecified atom stereocenters. The van der Waals surface area contributed by atoms with E-state index in [1.54, 1.807) is 6.92 Å². The molecule has 0 fully saturated rings. The Morgan fingerprint density at radius 2 is 1.85 bits per heavy atom. The molecule has 0 saturated carbocycles. The molecule has 1 N–H and O–H groups in total. The standard InChI is InChI=1S/C20H25BrN2O3/c1-15(26-19-8-5-4-7-18(19)21)20(24)22-16-9-11-17(12-10-16)25-14-6-13-23(2)3/h4-5,7-12,15H,6,13-14H2,1-3H3,(H,22,24). The third kappa shape index (κ3) is 6.69. The van der Waals surface area contributed by atoms with Crippen molar-refractivity contribution in [2.75, 3.05) is 32.6 Å². The molecule has 0 aliphatic heterocycles. The Hall–Kier alpha value is -2.05. The molecular formula is C20H25BrN2O3. The predicted octanol–water partition coefficient (Wildman–Crippen LogP) is 4.19. The van der Waals surface area contributed by atoms with Gasteiger partial charge in [-0.25, -0.2) is 0 Å². The molecule has 2 rings (SSSR count). The van der Waals surface area contributed by atoms with Crippen molar-refractivity contribution in [3.63, 3.8) is 0 Å². The summed E-state index contributed by atoms with van der Waals surface area (Å²) in [7, 11) is 4.08. The molecule has 0 bridgehead atoms. The Balaban J connectivity index is 1.82. The Morgan fingerprint density at radius 3 is 2.50 bits per heavy atom. The van der Waals surface area contributed by atoms with Crippen LogP contribution in [0.3, 0.4) is 0 Å². The first-order valence-corrected chi connectivity index (χ1v) is 9.34. The number of ether oxygens (including phenoxy) is 2. The summed E-state index contributed by atoms with van der Waals surface area (Å²) < 4.78 is 12.2. The Bertz CT molecular complexity index is 704. The van der Waals surface area contributed by atoms with E-state index in [0.29, 0.717) is 18.0 Å². The van der Waals surface area contributed by atoms with Gasteiger partial charge in [0.25, 0.3) is 5.91 Å². The highest BCUT2D eigenvalue weighted by atomic mass is 79.9. The van der Waals surface area contributed by atoms with Crippen LogP contribution < -0.4 is 14.8 Å². The van der Waals surface area contributed by atoms with Crippen molar-refractivity contribution < 1.29 is 14.3 Å². The van der Waals surface area contributed by atoms with E-state index in [1.165, 1.54) is 0 Å². The van der Waals surface area contributed by atoms with E-state index in [4.69, 9.17) is 9.47 Å². The van der Waals surface area contributed by atoms with Crippen LogP contribution in [0.25, 0.3) is 0 Å². The summed E-state index contributed by atoms with van der Waals surface area (Å²) in [4.78, 5) is 14.4. The molecule has 1 atom stereocenters. The highest BCUT2D eigenvalue weighted by Crippen LogP contribution is 2.25. The van der Waals surface area contributed by atoms with Gasteiger partial charge in [0.05, 0.1) is 11.1 Å². The van der Waals surface area contributed by atoms with E-state index >= 15 is 0 Å². The SMILES string of the molecule is CC(Oc1ccccc1Br)C(=O)Nc1ccc(OCCCN(C)C)cc1. The first-order chi connectivity index (χ1) is 12.5. The number of para-hydroxylation sites is 1. The highest BCUT2D eigenvalue weighted by molar-refractivity contribution is 9.10. The summed E-state index contributed by atoms with van der Waals surface area (Å²) in [6.45, 7) is 3.38. The maximum Gasteiger partial charge on any atom is 0.265 e. The van der Waals surface area contributed by atoms with Gasteiger partial charge in [0.2, 0.25) is 0 Å². The lowest BCUT2D eigenvalue weighted by Crippen LogP contribution is -2.30. The number of anilines is 1. The fourth-order valence-electron chi connectivity index (χ4n) is 2.23. The molecule has 0 radical (unpaired) electrons. The monoisotopic (exact) mass is 420 g/mol. The Labute approximate surface area is 163 Å². The second kappa shape index (κ2) is 10.2. The first kappa shape index (κ1) is 20.3. The minimum atomic E-state index is -0.615. The molecule has 1 amide bonds. The van der Waals surface area contributed by atoms with Gasteiger partial charge in [-0.15, -0.1) is 0 Å². The van der Waals surface area contributed by atoms with Gasteiger partial charge < -0.3 is 19.7 Å². The van der Waals surface area contributed by atoms with Crippen molar-refractivity contribution in [2.24, 2.45) is 0 Å². The van der Waals surface area contributed by atoms with Crippen molar-refractivity contribution in [1.82, 2.24) is 4.90 Å². The van der Waals surface area contributed by atoms with Gasteiger partial charge in [0.15, 0.2) is 6.10 Å². The molecular weight excluding hydrogens is 396 g/mol. The number of carbonyl (C=O) groups is 1. The number of carbonyl (C=O) groups excluding carboxylic acids is 1. The summed E-state index contributed by atoms with van der Waals surface area (Å²) in [6, 6.07) is 14.8. The van der Waals surface area contributed by atoms with Gasteiger partial charge in [-0.3, -0.25) is 4.79 Å². The lowest BCUT2D eigenvalue weighted by Gasteiger charge is -2.16. The summed E-state index contributed by atoms with van der Waals surface area (Å²) in [5.74, 6) is 1.22. The first-order valence-electron chi connectivity index (χ1n) is 8.55. The van der Waals surface area contributed by atoms with Crippen LogP contribution in [-0.2, 0) is 4.79 Å². The minimum Gasteiger partial charge on any atom is -0.494 e. The van der Waals surface area contributed by atoms with Gasteiger partial charge in [0, 0.05) is 12.2 Å². The molecule has 0 saturated heterocycles. The van der Waals surface area contributed by atoms with Crippen LogP contribution in [0, 0.1) is 0 Å². The van der Waals surface area contributed by atoms with Crippen LogP contribution in [0.4, 0.5) is 5.69 Å². The summed E-state index contributed by atoms with van der Waals surface area (Å²) in [6.07, 6.45) is 0.353.